The number of aryl methyl sites for hydroxylation is 2. The molecule has 0 radical (unpaired) electrons. The highest BCUT2D eigenvalue weighted by molar-refractivity contribution is 6.32. The Morgan fingerprint density at radius 1 is 1.23 bits per heavy atom. The maximum absolute atomic E-state index is 12.9. The summed E-state index contributed by atoms with van der Waals surface area (Å²) >= 11 is 6.22. The normalized spacial score (nSPS) is 13.9. The molecule has 4 nitrogen and oxygen atoms in total. The fourth-order valence-corrected chi connectivity index (χ4v) is 3.08. The third kappa shape index (κ3) is 2.44. The van der Waals surface area contributed by atoms with Crippen LogP contribution in [0.3, 0.4) is 0 Å². The van der Waals surface area contributed by atoms with E-state index < -0.39 is 0 Å². The molecule has 22 heavy (non-hydrogen) atoms. The van der Waals surface area contributed by atoms with Crippen molar-refractivity contribution in [2.75, 3.05) is 11.4 Å². The van der Waals surface area contributed by atoms with Crippen LogP contribution in [0, 0.1) is 6.92 Å². The molecule has 5 heteroatoms. The molecule has 0 N–H and O–H groups in total. The van der Waals surface area contributed by atoms with E-state index in [1.165, 1.54) is 10.6 Å². The van der Waals surface area contributed by atoms with Gasteiger partial charge in [-0.3, -0.25) is 9.59 Å². The van der Waals surface area contributed by atoms with Gasteiger partial charge >= 0.3 is 0 Å². The first-order valence-corrected chi connectivity index (χ1v) is 7.63. The van der Waals surface area contributed by atoms with Gasteiger partial charge in [-0.05, 0) is 43.0 Å². The number of anilines is 1. The van der Waals surface area contributed by atoms with Crippen LogP contribution in [0.2, 0.25) is 5.02 Å². The Bertz CT molecular complexity index is 811. The van der Waals surface area contributed by atoms with Gasteiger partial charge in [-0.15, -0.1) is 0 Å². The molecule has 1 aromatic carbocycles. The van der Waals surface area contributed by atoms with E-state index in [2.05, 4.69) is 0 Å². The molecule has 0 unspecified atom stereocenters. The lowest BCUT2D eigenvalue weighted by Gasteiger charge is -2.31. The zero-order valence-corrected chi connectivity index (χ0v) is 13.4. The number of aromatic nitrogens is 1. The zero-order chi connectivity index (χ0) is 15.9. The van der Waals surface area contributed by atoms with Gasteiger partial charge in [0.1, 0.15) is 0 Å². The Kier molecular flexibility index (Phi) is 3.79. The van der Waals surface area contributed by atoms with Gasteiger partial charge in [-0.1, -0.05) is 17.7 Å². The van der Waals surface area contributed by atoms with E-state index in [4.69, 9.17) is 11.6 Å². The van der Waals surface area contributed by atoms with E-state index in [1.807, 2.05) is 19.1 Å². The first-order chi connectivity index (χ1) is 10.5. The highest BCUT2D eigenvalue weighted by Crippen LogP contribution is 2.35. The van der Waals surface area contributed by atoms with Gasteiger partial charge in [0.05, 0.1) is 11.3 Å². The first kappa shape index (κ1) is 14.9. The largest absolute Gasteiger partial charge is 0.318 e. The summed E-state index contributed by atoms with van der Waals surface area (Å²) in [6.07, 6.45) is 3.45. The van der Waals surface area contributed by atoms with Crippen LogP contribution < -0.4 is 10.5 Å². The summed E-state index contributed by atoms with van der Waals surface area (Å²) in [6, 6.07) is 6.88. The SMILES string of the molecule is Cc1c(Cl)ccc2c1N(C(=O)c1ccc(=O)n(C)c1)CCC2. The summed E-state index contributed by atoms with van der Waals surface area (Å²) < 4.78 is 1.42. The molecule has 114 valence electrons. The maximum atomic E-state index is 12.9. The van der Waals surface area contributed by atoms with Crippen molar-refractivity contribution in [3.8, 4) is 0 Å². The number of hydrogen-bond donors (Lipinski definition) is 0. The molecular formula is C17H17ClN2O2. The molecular weight excluding hydrogens is 300 g/mol. The van der Waals surface area contributed by atoms with Gasteiger partial charge < -0.3 is 9.47 Å². The lowest BCUT2D eigenvalue weighted by molar-refractivity contribution is 0.0984. The minimum atomic E-state index is -0.130. The number of halogens is 1. The quantitative estimate of drug-likeness (QED) is 0.812. The zero-order valence-electron chi connectivity index (χ0n) is 12.6. The lowest BCUT2D eigenvalue weighted by Crippen LogP contribution is -2.36. The molecule has 1 aliphatic heterocycles. The third-order valence-corrected chi connectivity index (χ3v) is 4.53. The standard InChI is InChI=1S/C17H17ClN2O2/c1-11-14(18)7-5-12-4-3-9-20(16(11)12)17(22)13-6-8-15(21)19(2)10-13/h5-8,10H,3-4,9H2,1-2H3. The molecule has 2 aromatic rings. The lowest BCUT2D eigenvalue weighted by atomic mass is 9.97. The summed E-state index contributed by atoms with van der Waals surface area (Å²) in [4.78, 5) is 26.1. The number of benzene rings is 1. The average Bonchev–Trinajstić information content (AvgIpc) is 2.52. The smallest absolute Gasteiger partial charge is 0.259 e. The van der Waals surface area contributed by atoms with E-state index in [-0.39, 0.29) is 11.5 Å². The van der Waals surface area contributed by atoms with E-state index in [0.29, 0.717) is 17.1 Å². The van der Waals surface area contributed by atoms with E-state index in [0.717, 1.165) is 29.7 Å². The topological polar surface area (TPSA) is 42.3 Å². The fraction of sp³-hybridized carbons (Fsp3) is 0.294. The second-order valence-electron chi connectivity index (χ2n) is 5.61. The number of rotatable bonds is 1. The summed E-state index contributed by atoms with van der Waals surface area (Å²) in [5, 5.41) is 0.666. The number of amides is 1. The van der Waals surface area contributed by atoms with Crippen molar-refractivity contribution in [1.29, 1.82) is 0 Å². The number of carbonyl (C=O) groups is 1. The number of hydrogen-bond acceptors (Lipinski definition) is 2. The monoisotopic (exact) mass is 316 g/mol. The molecule has 2 heterocycles. The van der Waals surface area contributed by atoms with E-state index >= 15 is 0 Å². The molecule has 0 saturated carbocycles. The molecule has 0 spiro atoms. The highest BCUT2D eigenvalue weighted by Gasteiger charge is 2.26. The van der Waals surface area contributed by atoms with Gasteiger partial charge in [0, 0.05) is 30.9 Å². The van der Waals surface area contributed by atoms with Crippen LogP contribution in [0.4, 0.5) is 5.69 Å². The van der Waals surface area contributed by atoms with Gasteiger partial charge in [0.15, 0.2) is 0 Å². The van der Waals surface area contributed by atoms with Crippen molar-refractivity contribution in [3.63, 3.8) is 0 Å². The van der Waals surface area contributed by atoms with Crippen LogP contribution in [0.1, 0.15) is 27.9 Å². The van der Waals surface area contributed by atoms with Gasteiger partial charge in [-0.2, -0.15) is 0 Å². The van der Waals surface area contributed by atoms with Crippen LogP contribution >= 0.6 is 11.6 Å². The van der Waals surface area contributed by atoms with Crippen LogP contribution in [0.25, 0.3) is 0 Å². The van der Waals surface area contributed by atoms with Crippen molar-refractivity contribution in [2.45, 2.75) is 19.8 Å². The molecule has 0 atom stereocenters. The molecule has 1 aromatic heterocycles. The van der Waals surface area contributed by atoms with Gasteiger partial charge in [-0.25, -0.2) is 0 Å². The predicted molar refractivity (Wildman–Crippen MR) is 87.9 cm³/mol. The summed E-state index contributed by atoms with van der Waals surface area (Å²) in [5.74, 6) is -0.0954. The Balaban J connectivity index is 2.07. The summed E-state index contributed by atoms with van der Waals surface area (Å²) in [5.41, 5.74) is 3.37. The molecule has 3 rings (SSSR count). The second-order valence-corrected chi connectivity index (χ2v) is 6.01. The van der Waals surface area contributed by atoms with Gasteiger partial charge in [0.25, 0.3) is 5.91 Å². The predicted octanol–water partition coefficient (Wildman–Crippen LogP) is 2.94. The Morgan fingerprint density at radius 2 is 2.00 bits per heavy atom. The Hall–Kier alpha value is -2.07. The van der Waals surface area contributed by atoms with Crippen molar-refractivity contribution in [3.05, 3.63) is 62.5 Å². The van der Waals surface area contributed by atoms with Gasteiger partial charge in [0.2, 0.25) is 5.56 Å². The van der Waals surface area contributed by atoms with Crippen LogP contribution in [0.15, 0.2) is 35.3 Å². The highest BCUT2D eigenvalue weighted by atomic mass is 35.5. The van der Waals surface area contributed by atoms with E-state index in [1.54, 1.807) is 24.2 Å². The van der Waals surface area contributed by atoms with Crippen molar-refractivity contribution < 1.29 is 4.79 Å². The van der Waals surface area contributed by atoms with Crippen molar-refractivity contribution in [2.24, 2.45) is 7.05 Å². The molecule has 0 fully saturated rings. The summed E-state index contributed by atoms with van der Waals surface area (Å²) in [7, 11) is 1.64. The molecule has 1 aliphatic rings. The van der Waals surface area contributed by atoms with Crippen LogP contribution in [-0.4, -0.2) is 17.0 Å². The summed E-state index contributed by atoms with van der Waals surface area (Å²) in [6.45, 7) is 2.60. The third-order valence-electron chi connectivity index (χ3n) is 4.12. The number of nitrogens with zero attached hydrogens (tertiary/aromatic N) is 2. The molecule has 1 amide bonds. The molecule has 0 bridgehead atoms. The minimum absolute atomic E-state index is 0.0954. The Morgan fingerprint density at radius 3 is 2.73 bits per heavy atom. The number of pyridine rings is 1. The first-order valence-electron chi connectivity index (χ1n) is 7.25. The van der Waals surface area contributed by atoms with Crippen LogP contribution in [0.5, 0.6) is 0 Å². The molecule has 0 saturated heterocycles. The van der Waals surface area contributed by atoms with Crippen LogP contribution in [-0.2, 0) is 13.5 Å². The minimum Gasteiger partial charge on any atom is -0.318 e. The second kappa shape index (κ2) is 5.61. The Labute approximate surface area is 133 Å². The fourth-order valence-electron chi connectivity index (χ4n) is 2.93. The number of carbonyl (C=O) groups excluding carboxylic acids is 1. The molecule has 0 aliphatic carbocycles. The number of fused-ring (bicyclic) bond motifs is 1. The van der Waals surface area contributed by atoms with Crippen molar-refractivity contribution in [1.82, 2.24) is 4.57 Å². The maximum Gasteiger partial charge on any atom is 0.259 e. The average molecular weight is 317 g/mol. The van der Waals surface area contributed by atoms with E-state index in [9.17, 15) is 9.59 Å². The van der Waals surface area contributed by atoms with Crippen molar-refractivity contribution >= 4 is 23.2 Å².